The Bertz CT molecular complexity index is 306. The van der Waals surface area contributed by atoms with Crippen LogP contribution >= 0.6 is 0 Å². The lowest BCUT2D eigenvalue weighted by molar-refractivity contribution is 0.0734. The van der Waals surface area contributed by atoms with E-state index in [0.717, 1.165) is 12.0 Å². The van der Waals surface area contributed by atoms with E-state index in [1.165, 1.54) is 5.57 Å². The van der Waals surface area contributed by atoms with Gasteiger partial charge in [-0.1, -0.05) is 29.7 Å². The smallest absolute Gasteiger partial charge is 0.129 e. The van der Waals surface area contributed by atoms with Crippen LogP contribution in [-0.4, -0.2) is 10.7 Å². The van der Waals surface area contributed by atoms with Crippen LogP contribution < -0.4 is 0 Å². The first kappa shape index (κ1) is 14.0. The quantitative estimate of drug-likeness (QED) is 0.552. The summed E-state index contributed by atoms with van der Waals surface area (Å²) in [5.74, 6) is 5.61. The highest BCUT2D eigenvalue weighted by Crippen LogP contribution is 2.27. The Kier molecular flexibility index (Phi) is 5.39. The Labute approximate surface area is 93.9 Å². The summed E-state index contributed by atoms with van der Waals surface area (Å²) >= 11 is 0. The molecule has 0 saturated carbocycles. The molecule has 84 valence electrons. The highest BCUT2D eigenvalue weighted by molar-refractivity contribution is 5.20. The van der Waals surface area contributed by atoms with Gasteiger partial charge >= 0.3 is 0 Å². The average Bonchev–Trinajstić information content (AvgIpc) is 2.01. The van der Waals surface area contributed by atoms with Crippen LogP contribution in [0.5, 0.6) is 0 Å². The monoisotopic (exact) mass is 206 g/mol. The number of rotatable bonds is 4. The maximum Gasteiger partial charge on any atom is 0.129 e. The van der Waals surface area contributed by atoms with Gasteiger partial charge in [-0.3, -0.25) is 0 Å². The Morgan fingerprint density at radius 2 is 2.00 bits per heavy atom. The van der Waals surface area contributed by atoms with Crippen LogP contribution in [-0.2, 0) is 0 Å². The molecule has 0 aliphatic rings. The number of hydrogen-bond donors (Lipinski definition) is 1. The number of allylic oxidation sites excluding steroid dienone is 2. The van der Waals surface area contributed by atoms with E-state index in [4.69, 9.17) is 0 Å². The molecule has 0 heterocycles. The summed E-state index contributed by atoms with van der Waals surface area (Å²) in [6.45, 7) is 13.5. The van der Waals surface area contributed by atoms with Gasteiger partial charge in [0, 0.05) is 5.92 Å². The molecule has 0 amide bonds. The van der Waals surface area contributed by atoms with E-state index in [0.29, 0.717) is 0 Å². The van der Waals surface area contributed by atoms with Crippen molar-refractivity contribution in [3.05, 3.63) is 23.8 Å². The summed E-state index contributed by atoms with van der Waals surface area (Å²) in [5, 5.41) is 10.2. The minimum Gasteiger partial charge on any atom is -0.377 e. The Balaban J connectivity index is 4.87. The van der Waals surface area contributed by atoms with Crippen LogP contribution in [0, 0.1) is 17.8 Å². The van der Waals surface area contributed by atoms with Crippen LogP contribution in [0.3, 0.4) is 0 Å². The number of aliphatic hydroxyl groups is 1. The SMILES string of the molecule is C=C(C)C(CC=C(C)C)C(C)(O)C#CC. The van der Waals surface area contributed by atoms with Gasteiger partial charge in [-0.2, -0.15) is 0 Å². The van der Waals surface area contributed by atoms with Crippen LogP contribution in [0.15, 0.2) is 23.8 Å². The highest BCUT2D eigenvalue weighted by atomic mass is 16.3. The predicted octanol–water partition coefficient (Wildman–Crippen LogP) is 3.31. The third-order valence-electron chi connectivity index (χ3n) is 2.41. The van der Waals surface area contributed by atoms with Gasteiger partial charge in [-0.15, -0.1) is 5.92 Å². The molecule has 0 aromatic carbocycles. The minimum atomic E-state index is -0.980. The van der Waals surface area contributed by atoms with Crippen molar-refractivity contribution >= 4 is 0 Å². The van der Waals surface area contributed by atoms with Crippen LogP contribution in [0.25, 0.3) is 0 Å². The maximum absolute atomic E-state index is 10.2. The lowest BCUT2D eigenvalue weighted by atomic mass is 9.82. The fourth-order valence-electron chi connectivity index (χ4n) is 1.60. The number of hydrogen-bond acceptors (Lipinski definition) is 1. The molecule has 2 unspecified atom stereocenters. The molecular formula is C14H22O. The van der Waals surface area contributed by atoms with Crippen molar-refractivity contribution in [1.29, 1.82) is 0 Å². The molecule has 15 heavy (non-hydrogen) atoms. The molecule has 0 fully saturated rings. The summed E-state index contributed by atoms with van der Waals surface area (Å²) < 4.78 is 0. The fraction of sp³-hybridized carbons (Fsp3) is 0.571. The van der Waals surface area contributed by atoms with Crippen molar-refractivity contribution in [3.63, 3.8) is 0 Å². The zero-order chi connectivity index (χ0) is 12.1. The molecule has 2 atom stereocenters. The van der Waals surface area contributed by atoms with Gasteiger partial charge in [-0.05, 0) is 41.0 Å². The van der Waals surface area contributed by atoms with Gasteiger partial charge in [0.05, 0.1) is 0 Å². The van der Waals surface area contributed by atoms with Gasteiger partial charge in [0.25, 0.3) is 0 Å². The van der Waals surface area contributed by atoms with Gasteiger partial charge in [-0.25, -0.2) is 0 Å². The zero-order valence-corrected chi connectivity index (χ0v) is 10.5. The fourth-order valence-corrected chi connectivity index (χ4v) is 1.60. The molecule has 0 rings (SSSR count). The van der Waals surface area contributed by atoms with Crippen LogP contribution in [0.2, 0.25) is 0 Å². The molecule has 1 heteroatoms. The van der Waals surface area contributed by atoms with Crippen molar-refractivity contribution in [1.82, 2.24) is 0 Å². The van der Waals surface area contributed by atoms with Gasteiger partial charge in [0.15, 0.2) is 0 Å². The lowest BCUT2D eigenvalue weighted by Gasteiger charge is -2.28. The van der Waals surface area contributed by atoms with E-state index >= 15 is 0 Å². The van der Waals surface area contributed by atoms with E-state index in [-0.39, 0.29) is 5.92 Å². The molecular weight excluding hydrogens is 184 g/mol. The Morgan fingerprint density at radius 1 is 1.47 bits per heavy atom. The first-order chi connectivity index (χ1) is 6.81. The largest absolute Gasteiger partial charge is 0.377 e. The van der Waals surface area contributed by atoms with E-state index in [2.05, 4.69) is 38.3 Å². The summed E-state index contributed by atoms with van der Waals surface area (Å²) in [7, 11) is 0. The lowest BCUT2D eigenvalue weighted by Crippen LogP contribution is -2.33. The molecule has 1 nitrogen and oxygen atoms in total. The molecule has 0 spiro atoms. The molecule has 1 N–H and O–H groups in total. The molecule has 0 radical (unpaired) electrons. The van der Waals surface area contributed by atoms with E-state index < -0.39 is 5.60 Å². The third kappa shape index (κ3) is 4.85. The first-order valence-corrected chi connectivity index (χ1v) is 5.26. The van der Waals surface area contributed by atoms with Crippen molar-refractivity contribution in [2.75, 3.05) is 0 Å². The van der Waals surface area contributed by atoms with E-state index in [1.807, 2.05) is 6.92 Å². The zero-order valence-electron chi connectivity index (χ0n) is 10.5. The summed E-state index contributed by atoms with van der Waals surface area (Å²) in [4.78, 5) is 0. The molecule has 0 aliphatic heterocycles. The molecule has 0 bridgehead atoms. The summed E-state index contributed by atoms with van der Waals surface area (Å²) in [6, 6.07) is 0. The Hall–Kier alpha value is -1.00. The van der Waals surface area contributed by atoms with Crippen LogP contribution in [0.1, 0.15) is 41.0 Å². The Morgan fingerprint density at radius 3 is 2.33 bits per heavy atom. The van der Waals surface area contributed by atoms with Crippen molar-refractivity contribution in [2.45, 2.75) is 46.6 Å². The third-order valence-corrected chi connectivity index (χ3v) is 2.41. The minimum absolute atomic E-state index is 0.000139. The van der Waals surface area contributed by atoms with Crippen molar-refractivity contribution < 1.29 is 5.11 Å². The van der Waals surface area contributed by atoms with E-state index in [9.17, 15) is 5.11 Å². The predicted molar refractivity (Wildman–Crippen MR) is 66.4 cm³/mol. The second-order valence-corrected chi connectivity index (χ2v) is 4.44. The van der Waals surface area contributed by atoms with Gasteiger partial charge in [0.1, 0.15) is 5.60 Å². The topological polar surface area (TPSA) is 20.2 Å². The maximum atomic E-state index is 10.2. The van der Waals surface area contributed by atoms with Crippen LogP contribution in [0.4, 0.5) is 0 Å². The standard InChI is InChI=1S/C14H22O/c1-7-10-14(6,15)13(12(4)5)9-8-11(2)3/h8,13,15H,4,9H2,1-3,5-6H3. The second kappa shape index (κ2) is 5.78. The van der Waals surface area contributed by atoms with Gasteiger partial charge in [0.2, 0.25) is 0 Å². The molecule has 0 saturated heterocycles. The van der Waals surface area contributed by atoms with Crippen molar-refractivity contribution in [3.8, 4) is 11.8 Å². The highest BCUT2D eigenvalue weighted by Gasteiger charge is 2.29. The summed E-state index contributed by atoms with van der Waals surface area (Å²) in [6.07, 6.45) is 2.91. The average molecular weight is 206 g/mol. The second-order valence-electron chi connectivity index (χ2n) is 4.44. The summed E-state index contributed by atoms with van der Waals surface area (Å²) in [5.41, 5.74) is 1.24. The molecule has 0 aromatic heterocycles. The van der Waals surface area contributed by atoms with Crippen molar-refractivity contribution in [2.24, 2.45) is 5.92 Å². The van der Waals surface area contributed by atoms with Gasteiger partial charge < -0.3 is 5.11 Å². The molecule has 0 aromatic rings. The van der Waals surface area contributed by atoms with E-state index in [1.54, 1.807) is 13.8 Å². The molecule has 0 aliphatic carbocycles. The normalized spacial score (nSPS) is 15.6. The first-order valence-electron chi connectivity index (χ1n) is 5.26.